The number of ether oxygens (including phenoxy) is 2. The molecule has 0 unspecified atom stereocenters. The largest absolute Gasteiger partial charge is 0.493 e. The van der Waals surface area contributed by atoms with Crippen molar-refractivity contribution in [1.82, 2.24) is 0 Å². The number of unbranched alkanes of at least 4 members (excludes halogenated alkanes) is 2. The molecule has 16 heavy (non-hydrogen) atoms. The fraction of sp³-hybridized carbons (Fsp3) is 0.571. The van der Waals surface area contributed by atoms with Crippen LogP contribution in [-0.4, -0.2) is 19.8 Å². The molecule has 0 bridgehead atoms. The number of para-hydroxylation sites is 1. The molecule has 89 valence electrons. The van der Waals surface area contributed by atoms with Crippen LogP contribution >= 0.6 is 0 Å². The van der Waals surface area contributed by atoms with Gasteiger partial charge >= 0.3 is 0 Å². The Balaban J connectivity index is 1.89. The maximum Gasteiger partial charge on any atom is 0.127 e. The van der Waals surface area contributed by atoms with Crippen molar-refractivity contribution in [2.75, 3.05) is 19.8 Å². The summed E-state index contributed by atoms with van der Waals surface area (Å²) in [5.74, 6) is 0.828. The highest BCUT2D eigenvalue weighted by atomic mass is 16.5. The molecular weight excluding hydrogens is 200 g/mol. The highest BCUT2D eigenvalue weighted by Gasteiger charge is 1.93. The molecule has 0 N–H and O–H groups in total. The molecule has 0 fully saturated rings. The molecule has 1 aromatic rings. The average molecular weight is 221 g/mol. The van der Waals surface area contributed by atoms with Crippen molar-refractivity contribution >= 4 is 0 Å². The summed E-state index contributed by atoms with van der Waals surface area (Å²) in [6.45, 7) is 4.66. The predicted molar refractivity (Wildman–Crippen MR) is 65.7 cm³/mol. The maximum absolute atomic E-state index is 5.52. The second-order valence-corrected chi connectivity index (χ2v) is 3.75. The highest BCUT2D eigenvalue weighted by molar-refractivity contribution is 5.19. The van der Waals surface area contributed by atoms with Gasteiger partial charge in [0.15, 0.2) is 0 Å². The van der Waals surface area contributed by atoms with Crippen molar-refractivity contribution in [2.24, 2.45) is 0 Å². The van der Waals surface area contributed by atoms with Gasteiger partial charge in [0.05, 0.1) is 6.61 Å². The Morgan fingerprint density at radius 3 is 2.62 bits per heavy atom. The van der Waals surface area contributed by atoms with Crippen molar-refractivity contribution in [2.45, 2.75) is 32.6 Å². The SMILES string of the molecule is CCCCOCCCCOc1[c]cccc1. The Kier molecular flexibility index (Phi) is 7.52. The van der Waals surface area contributed by atoms with Crippen LogP contribution in [0.4, 0.5) is 0 Å². The van der Waals surface area contributed by atoms with Gasteiger partial charge in [0, 0.05) is 19.3 Å². The van der Waals surface area contributed by atoms with Gasteiger partial charge in [0.25, 0.3) is 0 Å². The van der Waals surface area contributed by atoms with E-state index in [1.54, 1.807) is 0 Å². The van der Waals surface area contributed by atoms with Gasteiger partial charge in [-0.25, -0.2) is 0 Å². The number of hydrogen-bond acceptors (Lipinski definition) is 2. The first-order valence-corrected chi connectivity index (χ1v) is 6.10. The number of hydrogen-bond donors (Lipinski definition) is 0. The van der Waals surface area contributed by atoms with E-state index < -0.39 is 0 Å². The summed E-state index contributed by atoms with van der Waals surface area (Å²) in [5.41, 5.74) is 0. The second-order valence-electron chi connectivity index (χ2n) is 3.75. The quantitative estimate of drug-likeness (QED) is 0.594. The summed E-state index contributed by atoms with van der Waals surface area (Å²) in [5, 5.41) is 0. The molecule has 0 aromatic heterocycles. The van der Waals surface area contributed by atoms with Gasteiger partial charge in [0.1, 0.15) is 5.75 Å². The van der Waals surface area contributed by atoms with Crippen LogP contribution in [0.25, 0.3) is 0 Å². The van der Waals surface area contributed by atoms with Crippen LogP contribution < -0.4 is 4.74 Å². The molecule has 2 nitrogen and oxygen atoms in total. The Bertz CT molecular complexity index is 246. The van der Waals surface area contributed by atoms with Crippen LogP contribution in [0, 0.1) is 6.07 Å². The third kappa shape index (κ3) is 6.46. The van der Waals surface area contributed by atoms with Gasteiger partial charge in [-0.2, -0.15) is 0 Å². The van der Waals surface area contributed by atoms with Crippen molar-refractivity contribution < 1.29 is 9.47 Å². The zero-order chi connectivity index (χ0) is 11.5. The number of rotatable bonds is 9. The molecule has 0 aliphatic heterocycles. The van der Waals surface area contributed by atoms with Crippen LogP contribution in [0.3, 0.4) is 0 Å². The third-order valence-corrected chi connectivity index (χ3v) is 2.26. The summed E-state index contributed by atoms with van der Waals surface area (Å²) >= 11 is 0. The van der Waals surface area contributed by atoms with Gasteiger partial charge in [-0.05, 0) is 25.3 Å². The number of benzene rings is 1. The lowest BCUT2D eigenvalue weighted by Gasteiger charge is -2.05. The topological polar surface area (TPSA) is 18.5 Å². The van der Waals surface area contributed by atoms with Gasteiger partial charge in [-0.3, -0.25) is 0 Å². The lowest BCUT2D eigenvalue weighted by atomic mass is 10.3. The van der Waals surface area contributed by atoms with E-state index in [-0.39, 0.29) is 0 Å². The molecule has 0 saturated carbocycles. The van der Waals surface area contributed by atoms with Crippen LogP contribution in [-0.2, 0) is 4.74 Å². The molecular formula is C14H21O2. The molecule has 0 saturated heterocycles. The molecule has 1 radical (unpaired) electrons. The van der Waals surface area contributed by atoms with Gasteiger partial charge in [-0.1, -0.05) is 31.5 Å². The summed E-state index contributed by atoms with van der Waals surface area (Å²) in [6, 6.07) is 10.7. The van der Waals surface area contributed by atoms with Gasteiger partial charge in [0.2, 0.25) is 0 Å². The first kappa shape index (κ1) is 13.0. The zero-order valence-corrected chi connectivity index (χ0v) is 10.1. The average Bonchev–Trinajstić information content (AvgIpc) is 2.34. The van der Waals surface area contributed by atoms with Gasteiger partial charge in [-0.15, -0.1) is 0 Å². The van der Waals surface area contributed by atoms with E-state index in [0.717, 1.165) is 44.8 Å². The molecule has 0 amide bonds. The normalized spacial score (nSPS) is 10.3. The van der Waals surface area contributed by atoms with Crippen LogP contribution in [0.1, 0.15) is 32.6 Å². The summed E-state index contributed by atoms with van der Waals surface area (Å²) in [4.78, 5) is 0. The molecule has 2 heteroatoms. The van der Waals surface area contributed by atoms with Crippen LogP contribution in [0.15, 0.2) is 24.3 Å². The molecule has 0 aliphatic rings. The predicted octanol–water partition coefficient (Wildman–Crippen LogP) is 3.46. The minimum absolute atomic E-state index is 0.748. The fourth-order valence-corrected chi connectivity index (χ4v) is 1.30. The molecule has 0 spiro atoms. The molecule has 1 aromatic carbocycles. The summed E-state index contributed by atoms with van der Waals surface area (Å²) in [7, 11) is 0. The molecule has 0 atom stereocenters. The second kappa shape index (κ2) is 9.22. The first-order valence-electron chi connectivity index (χ1n) is 6.10. The van der Waals surface area contributed by atoms with E-state index in [9.17, 15) is 0 Å². The minimum Gasteiger partial charge on any atom is -0.493 e. The highest BCUT2D eigenvalue weighted by Crippen LogP contribution is 2.07. The minimum atomic E-state index is 0.748. The third-order valence-electron chi connectivity index (χ3n) is 2.26. The van der Waals surface area contributed by atoms with Gasteiger partial charge < -0.3 is 9.47 Å². The smallest absolute Gasteiger partial charge is 0.127 e. The van der Waals surface area contributed by atoms with Crippen molar-refractivity contribution in [3.05, 3.63) is 30.3 Å². The van der Waals surface area contributed by atoms with E-state index in [2.05, 4.69) is 13.0 Å². The Hall–Kier alpha value is -1.02. The lowest BCUT2D eigenvalue weighted by molar-refractivity contribution is 0.123. The Morgan fingerprint density at radius 1 is 1.06 bits per heavy atom. The Morgan fingerprint density at radius 2 is 1.88 bits per heavy atom. The van der Waals surface area contributed by atoms with E-state index in [1.807, 2.05) is 24.3 Å². The van der Waals surface area contributed by atoms with E-state index in [4.69, 9.17) is 9.47 Å². The van der Waals surface area contributed by atoms with Crippen molar-refractivity contribution in [1.29, 1.82) is 0 Å². The fourth-order valence-electron chi connectivity index (χ4n) is 1.30. The van der Waals surface area contributed by atoms with E-state index in [1.165, 1.54) is 6.42 Å². The Labute approximate surface area is 98.6 Å². The van der Waals surface area contributed by atoms with E-state index in [0.29, 0.717) is 0 Å². The van der Waals surface area contributed by atoms with Crippen molar-refractivity contribution in [3.8, 4) is 5.75 Å². The summed E-state index contributed by atoms with van der Waals surface area (Å²) < 4.78 is 11.0. The summed E-state index contributed by atoms with van der Waals surface area (Å²) in [6.07, 6.45) is 4.47. The first-order chi connectivity index (χ1) is 7.93. The molecule has 1 rings (SSSR count). The van der Waals surface area contributed by atoms with Crippen molar-refractivity contribution in [3.63, 3.8) is 0 Å². The lowest BCUT2D eigenvalue weighted by Crippen LogP contribution is -2.01. The standard InChI is InChI=1S/C14H21O2/c1-2-3-11-15-12-7-8-13-16-14-9-5-4-6-10-14/h4-6,9H,2-3,7-8,11-13H2,1H3. The van der Waals surface area contributed by atoms with Crippen LogP contribution in [0.2, 0.25) is 0 Å². The maximum atomic E-state index is 5.52. The molecule has 0 heterocycles. The van der Waals surface area contributed by atoms with E-state index >= 15 is 0 Å². The van der Waals surface area contributed by atoms with Crippen LogP contribution in [0.5, 0.6) is 5.75 Å². The monoisotopic (exact) mass is 221 g/mol. The zero-order valence-electron chi connectivity index (χ0n) is 10.1. The molecule has 0 aliphatic carbocycles.